The number of imidazole rings is 1. The summed E-state index contributed by atoms with van der Waals surface area (Å²) in [5.74, 6) is 0.220. The van der Waals surface area contributed by atoms with Crippen molar-refractivity contribution in [2.45, 2.75) is 0 Å². The van der Waals surface area contributed by atoms with E-state index in [0.717, 1.165) is 16.5 Å². The van der Waals surface area contributed by atoms with Crippen LogP contribution in [0.2, 0.25) is 0 Å². The molecule has 0 spiro atoms. The Hall–Kier alpha value is -4.40. The average molecular weight is 410 g/mol. The topological polar surface area (TPSA) is 101 Å². The van der Waals surface area contributed by atoms with Gasteiger partial charge in [0, 0.05) is 47.9 Å². The lowest BCUT2D eigenvalue weighted by Crippen LogP contribution is -1.87. The molecule has 6 aromatic rings. The third-order valence-corrected chi connectivity index (χ3v) is 5.23. The minimum absolute atomic E-state index is 0.310. The lowest BCUT2D eigenvalue weighted by Gasteiger charge is -2.03. The summed E-state index contributed by atoms with van der Waals surface area (Å²) in [5, 5.41) is 12.4. The lowest BCUT2D eigenvalue weighted by molar-refractivity contribution is 0.631. The Bertz CT molecular complexity index is 1580. The molecule has 1 aromatic carbocycles. The van der Waals surface area contributed by atoms with Crippen LogP contribution in [0.15, 0.2) is 61.2 Å². The van der Waals surface area contributed by atoms with E-state index in [1.165, 1.54) is 6.07 Å². The second kappa shape index (κ2) is 6.56. The number of hydrogen-bond acceptors (Lipinski definition) is 5. The molecule has 5 aromatic heterocycles. The number of nitrogens with zero attached hydrogens (tertiary/aromatic N) is 6. The van der Waals surface area contributed by atoms with Gasteiger partial charge in [0.2, 0.25) is 0 Å². The van der Waals surface area contributed by atoms with E-state index in [4.69, 9.17) is 4.98 Å². The molecule has 8 nitrogen and oxygen atoms in total. The Labute approximate surface area is 174 Å². The highest BCUT2D eigenvalue weighted by Gasteiger charge is 2.18. The van der Waals surface area contributed by atoms with Gasteiger partial charge in [-0.15, -0.1) is 0 Å². The molecule has 0 fully saturated rings. The smallest absolute Gasteiger partial charge is 0.161 e. The quantitative estimate of drug-likeness (QED) is 0.457. The average Bonchev–Trinajstić information content (AvgIpc) is 3.50. The number of nitrogens with one attached hydrogen (secondary N) is 2. The van der Waals surface area contributed by atoms with Crippen LogP contribution in [-0.2, 0) is 7.05 Å². The third-order valence-electron chi connectivity index (χ3n) is 5.23. The van der Waals surface area contributed by atoms with E-state index in [2.05, 4.69) is 30.2 Å². The molecule has 5 heterocycles. The molecule has 0 atom stereocenters. The fourth-order valence-electron chi connectivity index (χ4n) is 3.73. The molecule has 0 aliphatic carbocycles. The highest BCUT2D eigenvalue weighted by Crippen LogP contribution is 2.32. The Morgan fingerprint density at radius 1 is 0.968 bits per heavy atom. The van der Waals surface area contributed by atoms with E-state index in [0.29, 0.717) is 39.5 Å². The van der Waals surface area contributed by atoms with Crippen molar-refractivity contribution < 1.29 is 4.39 Å². The first-order chi connectivity index (χ1) is 15.2. The van der Waals surface area contributed by atoms with E-state index in [-0.39, 0.29) is 5.82 Å². The largest absolute Gasteiger partial charge is 0.321 e. The van der Waals surface area contributed by atoms with E-state index < -0.39 is 0 Å². The molecule has 0 bridgehead atoms. The fraction of sp³-hybridized carbons (Fsp3) is 0.0455. The number of fused-ring (bicyclic) bond motifs is 2. The second-order valence-corrected chi connectivity index (χ2v) is 7.22. The molecule has 31 heavy (non-hydrogen) atoms. The number of rotatable bonds is 3. The van der Waals surface area contributed by atoms with Crippen molar-refractivity contribution in [3.63, 3.8) is 0 Å². The first-order valence-electron chi connectivity index (χ1n) is 9.60. The van der Waals surface area contributed by atoms with E-state index in [1.807, 2.05) is 19.3 Å². The van der Waals surface area contributed by atoms with Gasteiger partial charge in [-0.3, -0.25) is 9.78 Å². The summed E-state index contributed by atoms with van der Waals surface area (Å²) in [4.78, 5) is 16.8. The third kappa shape index (κ3) is 2.78. The molecule has 9 heteroatoms. The Kier molecular flexibility index (Phi) is 3.69. The first kappa shape index (κ1) is 17.5. The van der Waals surface area contributed by atoms with Crippen LogP contribution >= 0.6 is 0 Å². The Morgan fingerprint density at radius 2 is 1.87 bits per heavy atom. The van der Waals surface area contributed by atoms with Crippen LogP contribution in [-0.4, -0.2) is 39.9 Å². The zero-order valence-corrected chi connectivity index (χ0v) is 16.3. The fourth-order valence-corrected chi connectivity index (χ4v) is 3.73. The molecule has 6 rings (SSSR count). The minimum atomic E-state index is -0.310. The zero-order chi connectivity index (χ0) is 20.9. The van der Waals surface area contributed by atoms with Crippen molar-refractivity contribution in [1.29, 1.82) is 0 Å². The van der Waals surface area contributed by atoms with Crippen LogP contribution < -0.4 is 0 Å². The predicted octanol–water partition coefficient (Wildman–Crippen LogP) is 4.10. The van der Waals surface area contributed by atoms with Gasteiger partial charge in [0.15, 0.2) is 17.1 Å². The van der Waals surface area contributed by atoms with Gasteiger partial charge in [-0.25, -0.2) is 19.3 Å². The molecule has 0 saturated heterocycles. The number of aromatic nitrogens is 8. The van der Waals surface area contributed by atoms with Crippen molar-refractivity contribution in [3.8, 4) is 33.8 Å². The van der Waals surface area contributed by atoms with Crippen molar-refractivity contribution in [1.82, 2.24) is 39.9 Å². The van der Waals surface area contributed by atoms with Crippen LogP contribution in [0.5, 0.6) is 0 Å². The molecule has 0 saturated carbocycles. The molecule has 150 valence electrons. The number of pyridine rings is 2. The standard InChI is InChI=1S/C22H15FN8/c1-31-11-13(10-26-31)12-8-16-19(29-30-20(16)25-9-12)22-27-18-15(6-7-24-21(18)28-22)14-4-2-3-5-17(14)23/h2-11H,1H3,(H,24,27,28)(H,25,29,30). The van der Waals surface area contributed by atoms with Gasteiger partial charge in [-0.1, -0.05) is 18.2 Å². The van der Waals surface area contributed by atoms with Crippen LogP contribution in [0.3, 0.4) is 0 Å². The molecule has 0 aliphatic heterocycles. The normalized spacial score (nSPS) is 11.5. The summed E-state index contributed by atoms with van der Waals surface area (Å²) in [5.41, 5.74) is 5.41. The number of aromatic amines is 2. The maximum Gasteiger partial charge on any atom is 0.161 e. The zero-order valence-electron chi connectivity index (χ0n) is 16.3. The summed E-state index contributed by atoms with van der Waals surface area (Å²) in [6.45, 7) is 0. The summed E-state index contributed by atoms with van der Waals surface area (Å²) in [7, 11) is 1.87. The molecular weight excluding hydrogens is 395 g/mol. The molecular formula is C22H15FN8. The number of benzene rings is 1. The van der Waals surface area contributed by atoms with Gasteiger partial charge in [-0.05, 0) is 18.2 Å². The molecule has 0 unspecified atom stereocenters. The van der Waals surface area contributed by atoms with E-state index >= 15 is 0 Å². The van der Waals surface area contributed by atoms with Crippen molar-refractivity contribution in [2.24, 2.45) is 7.05 Å². The lowest BCUT2D eigenvalue weighted by atomic mass is 10.1. The van der Waals surface area contributed by atoms with Gasteiger partial charge < -0.3 is 4.98 Å². The van der Waals surface area contributed by atoms with Gasteiger partial charge >= 0.3 is 0 Å². The SMILES string of the molecule is Cn1cc(-c2cnc3[nH]nc(-c4nc5c(-c6ccccc6F)ccnc5[nH]4)c3c2)cn1. The van der Waals surface area contributed by atoms with Crippen LogP contribution in [0.1, 0.15) is 0 Å². The van der Waals surface area contributed by atoms with Gasteiger partial charge in [0.05, 0.1) is 11.6 Å². The molecule has 0 radical (unpaired) electrons. The van der Waals surface area contributed by atoms with Gasteiger partial charge in [-0.2, -0.15) is 10.2 Å². The van der Waals surface area contributed by atoms with Crippen LogP contribution in [0, 0.1) is 5.82 Å². The van der Waals surface area contributed by atoms with Gasteiger partial charge in [0.25, 0.3) is 0 Å². The summed E-state index contributed by atoms with van der Waals surface area (Å²) in [6.07, 6.45) is 7.12. The highest BCUT2D eigenvalue weighted by molar-refractivity contribution is 5.96. The number of halogens is 1. The highest BCUT2D eigenvalue weighted by atomic mass is 19.1. The summed E-state index contributed by atoms with van der Waals surface area (Å²) >= 11 is 0. The summed E-state index contributed by atoms with van der Waals surface area (Å²) < 4.78 is 16.1. The predicted molar refractivity (Wildman–Crippen MR) is 114 cm³/mol. The molecule has 0 aliphatic rings. The maximum absolute atomic E-state index is 14.4. The molecule has 0 amide bonds. The minimum Gasteiger partial charge on any atom is -0.321 e. The summed E-state index contributed by atoms with van der Waals surface area (Å²) in [6, 6.07) is 10.4. The van der Waals surface area contributed by atoms with E-state index in [9.17, 15) is 4.39 Å². The van der Waals surface area contributed by atoms with Crippen molar-refractivity contribution in [3.05, 3.63) is 67.0 Å². The van der Waals surface area contributed by atoms with Crippen molar-refractivity contribution in [2.75, 3.05) is 0 Å². The Morgan fingerprint density at radius 3 is 2.71 bits per heavy atom. The Balaban J connectivity index is 1.52. The number of H-pyrrole nitrogens is 2. The molecule has 2 N–H and O–H groups in total. The monoisotopic (exact) mass is 410 g/mol. The van der Waals surface area contributed by atoms with Crippen molar-refractivity contribution >= 4 is 22.2 Å². The van der Waals surface area contributed by atoms with Crippen LogP contribution in [0.4, 0.5) is 4.39 Å². The second-order valence-electron chi connectivity index (χ2n) is 7.22. The van der Waals surface area contributed by atoms with Gasteiger partial charge in [0.1, 0.15) is 17.0 Å². The van der Waals surface area contributed by atoms with Crippen LogP contribution in [0.25, 0.3) is 56.0 Å². The first-order valence-corrected chi connectivity index (χ1v) is 9.60. The number of aryl methyl sites for hydroxylation is 1. The van der Waals surface area contributed by atoms with E-state index in [1.54, 1.807) is 47.5 Å². The number of hydrogen-bond donors (Lipinski definition) is 2. The maximum atomic E-state index is 14.4.